The van der Waals surface area contributed by atoms with Crippen LogP contribution in [0.5, 0.6) is 0 Å². The first-order valence-corrected chi connectivity index (χ1v) is 11.7. The second-order valence-electron chi connectivity index (χ2n) is 8.41. The lowest BCUT2D eigenvalue weighted by atomic mass is 10.2. The molecule has 178 valence electrons. The molecule has 0 spiro atoms. The minimum Gasteiger partial charge on any atom is -0.341 e. The molecule has 0 N–H and O–H groups in total. The molecule has 0 saturated carbocycles. The first kappa shape index (κ1) is 23.9. The molecule has 1 fully saturated rings. The highest BCUT2D eigenvalue weighted by Gasteiger charge is 2.23. The van der Waals surface area contributed by atoms with Crippen LogP contribution >= 0.6 is 11.6 Å². The van der Waals surface area contributed by atoms with Gasteiger partial charge in [-0.1, -0.05) is 47.1 Å². The monoisotopic (exact) mass is 481 g/mol. The third-order valence-electron chi connectivity index (χ3n) is 5.87. The number of aryl methyl sites for hydroxylation is 1. The van der Waals surface area contributed by atoms with Gasteiger partial charge in [-0.3, -0.25) is 14.5 Å². The van der Waals surface area contributed by atoms with Gasteiger partial charge in [0.1, 0.15) is 0 Å². The van der Waals surface area contributed by atoms with Gasteiger partial charge >= 0.3 is 0 Å². The molecule has 1 aromatic heterocycles. The van der Waals surface area contributed by atoms with Gasteiger partial charge in [-0.2, -0.15) is 4.98 Å². The smallest absolute Gasteiger partial charge is 0.253 e. The summed E-state index contributed by atoms with van der Waals surface area (Å²) in [6.07, 6.45) is 0.727. The molecule has 1 saturated heterocycles. The van der Waals surface area contributed by atoms with Gasteiger partial charge < -0.3 is 14.3 Å². The third kappa shape index (κ3) is 6.42. The normalized spacial score (nSPS) is 14.2. The van der Waals surface area contributed by atoms with Crippen molar-refractivity contribution in [2.75, 3.05) is 33.2 Å². The van der Waals surface area contributed by atoms with E-state index in [-0.39, 0.29) is 11.8 Å². The molecule has 0 radical (unpaired) electrons. The quantitative estimate of drug-likeness (QED) is 0.491. The average Bonchev–Trinajstić information content (AvgIpc) is 3.31. The summed E-state index contributed by atoms with van der Waals surface area (Å²) in [6.45, 7) is 3.84. The molecule has 0 aliphatic carbocycles. The Labute approximate surface area is 204 Å². The Morgan fingerprint density at radius 2 is 1.74 bits per heavy atom. The van der Waals surface area contributed by atoms with E-state index in [9.17, 15) is 9.59 Å². The van der Waals surface area contributed by atoms with Crippen molar-refractivity contribution in [1.29, 1.82) is 0 Å². The Bertz CT molecular complexity index is 1100. The molecule has 0 unspecified atom stereocenters. The zero-order valence-corrected chi connectivity index (χ0v) is 19.9. The number of carbonyl (C=O) groups is 2. The predicted molar refractivity (Wildman–Crippen MR) is 128 cm³/mol. The molecule has 1 aliphatic rings. The Morgan fingerprint density at radius 3 is 2.44 bits per heavy atom. The summed E-state index contributed by atoms with van der Waals surface area (Å²) in [5.74, 6) is 1.11. The number of hydrogen-bond donors (Lipinski definition) is 0. The molecular weight excluding hydrogens is 454 g/mol. The minimum absolute atomic E-state index is 0.0139. The Hall–Kier alpha value is -3.23. The van der Waals surface area contributed by atoms with E-state index in [0.29, 0.717) is 61.3 Å². The van der Waals surface area contributed by atoms with Crippen molar-refractivity contribution in [3.63, 3.8) is 0 Å². The molecule has 0 bridgehead atoms. The molecular formula is C25H28ClN5O3. The lowest BCUT2D eigenvalue weighted by Crippen LogP contribution is -2.48. The number of hydrogen-bond acceptors (Lipinski definition) is 6. The van der Waals surface area contributed by atoms with Crippen LogP contribution in [0.2, 0.25) is 5.02 Å². The van der Waals surface area contributed by atoms with E-state index >= 15 is 0 Å². The van der Waals surface area contributed by atoms with Crippen LogP contribution < -0.4 is 0 Å². The van der Waals surface area contributed by atoms with Gasteiger partial charge in [0, 0.05) is 63.2 Å². The topological polar surface area (TPSA) is 82.8 Å². The first-order chi connectivity index (χ1) is 16.5. The lowest BCUT2D eigenvalue weighted by Gasteiger charge is -2.34. The van der Waals surface area contributed by atoms with Gasteiger partial charge in [0.15, 0.2) is 5.82 Å². The third-order valence-corrected chi connectivity index (χ3v) is 6.12. The number of rotatable bonds is 8. The molecule has 2 aromatic carbocycles. The molecule has 2 amide bonds. The van der Waals surface area contributed by atoms with E-state index in [1.807, 2.05) is 35.2 Å². The van der Waals surface area contributed by atoms with Gasteiger partial charge in [0.05, 0.1) is 6.54 Å². The Morgan fingerprint density at radius 1 is 1.03 bits per heavy atom. The number of aromatic nitrogens is 2. The van der Waals surface area contributed by atoms with Crippen molar-refractivity contribution in [1.82, 2.24) is 24.8 Å². The zero-order valence-electron chi connectivity index (χ0n) is 19.2. The largest absolute Gasteiger partial charge is 0.341 e. The van der Waals surface area contributed by atoms with E-state index in [0.717, 1.165) is 18.7 Å². The number of piperazine rings is 1. The van der Waals surface area contributed by atoms with Crippen molar-refractivity contribution in [2.45, 2.75) is 25.9 Å². The Balaban J connectivity index is 1.20. The van der Waals surface area contributed by atoms with E-state index in [2.05, 4.69) is 15.0 Å². The first-order valence-electron chi connectivity index (χ1n) is 11.3. The van der Waals surface area contributed by atoms with Crippen molar-refractivity contribution >= 4 is 23.4 Å². The van der Waals surface area contributed by atoms with Crippen molar-refractivity contribution in [3.8, 4) is 0 Å². The number of amides is 2. The van der Waals surface area contributed by atoms with E-state index < -0.39 is 0 Å². The summed E-state index contributed by atoms with van der Waals surface area (Å²) in [6, 6.07) is 16.9. The maximum atomic E-state index is 12.7. The fourth-order valence-electron chi connectivity index (χ4n) is 3.89. The zero-order chi connectivity index (χ0) is 23.9. The summed E-state index contributed by atoms with van der Waals surface area (Å²) in [7, 11) is 1.80. The van der Waals surface area contributed by atoms with Gasteiger partial charge in [0.25, 0.3) is 5.91 Å². The van der Waals surface area contributed by atoms with Crippen molar-refractivity contribution < 1.29 is 14.1 Å². The molecule has 3 aromatic rings. The van der Waals surface area contributed by atoms with E-state index in [1.165, 1.54) is 0 Å². The van der Waals surface area contributed by atoms with Crippen LogP contribution in [-0.4, -0.2) is 69.9 Å². The van der Waals surface area contributed by atoms with Gasteiger partial charge in [0.2, 0.25) is 11.8 Å². The van der Waals surface area contributed by atoms with Crippen molar-refractivity contribution in [2.24, 2.45) is 0 Å². The fraction of sp³-hybridized carbons (Fsp3) is 0.360. The van der Waals surface area contributed by atoms with E-state index in [4.69, 9.17) is 16.1 Å². The summed E-state index contributed by atoms with van der Waals surface area (Å²) in [5, 5.41) is 4.68. The summed E-state index contributed by atoms with van der Waals surface area (Å²) >= 11 is 5.91. The highest BCUT2D eigenvalue weighted by Crippen LogP contribution is 2.14. The number of carbonyl (C=O) groups excluding carboxylic acids is 2. The molecule has 2 heterocycles. The number of benzene rings is 2. The second kappa shape index (κ2) is 11.3. The summed E-state index contributed by atoms with van der Waals surface area (Å²) in [4.78, 5) is 35.3. The average molecular weight is 482 g/mol. The molecule has 9 heteroatoms. The maximum absolute atomic E-state index is 12.7. The van der Waals surface area contributed by atoms with Crippen LogP contribution in [0.15, 0.2) is 59.1 Å². The molecule has 4 rings (SSSR count). The molecule has 8 nitrogen and oxygen atoms in total. The van der Waals surface area contributed by atoms with E-state index in [1.54, 1.807) is 36.2 Å². The predicted octanol–water partition coefficient (Wildman–Crippen LogP) is 3.27. The minimum atomic E-state index is 0.0139. The van der Waals surface area contributed by atoms with Gasteiger partial charge in [-0.15, -0.1) is 0 Å². The number of halogens is 1. The fourth-order valence-corrected chi connectivity index (χ4v) is 4.02. The summed E-state index contributed by atoms with van der Waals surface area (Å²) < 4.78 is 5.35. The highest BCUT2D eigenvalue weighted by molar-refractivity contribution is 6.30. The standard InChI is InChI=1S/C25H28ClN5O3/c1-29(17-19-5-3-2-4-6-19)24(32)12-11-23-27-22(28-34-23)18-30-13-15-31(16-14-30)25(33)20-7-9-21(26)10-8-20/h2-10H,11-18H2,1H3. The lowest BCUT2D eigenvalue weighted by molar-refractivity contribution is -0.130. The van der Waals surface area contributed by atoms with Crippen LogP contribution in [0.1, 0.15) is 34.1 Å². The molecule has 34 heavy (non-hydrogen) atoms. The second-order valence-corrected chi connectivity index (χ2v) is 8.85. The highest BCUT2D eigenvalue weighted by atomic mass is 35.5. The van der Waals surface area contributed by atoms with Crippen molar-refractivity contribution in [3.05, 3.63) is 82.5 Å². The maximum Gasteiger partial charge on any atom is 0.253 e. The van der Waals surface area contributed by atoms with Crippen LogP contribution in [0.4, 0.5) is 0 Å². The van der Waals surface area contributed by atoms with Crippen LogP contribution in [0.25, 0.3) is 0 Å². The number of nitrogens with zero attached hydrogens (tertiary/aromatic N) is 5. The molecule has 1 aliphatic heterocycles. The molecule has 0 atom stereocenters. The van der Waals surface area contributed by atoms with Gasteiger partial charge in [-0.05, 0) is 29.8 Å². The van der Waals surface area contributed by atoms with Crippen LogP contribution in [0, 0.1) is 0 Å². The van der Waals surface area contributed by atoms with Gasteiger partial charge in [-0.25, -0.2) is 0 Å². The summed E-state index contributed by atoms with van der Waals surface area (Å²) in [5.41, 5.74) is 1.73. The van der Waals surface area contributed by atoms with Crippen LogP contribution in [-0.2, 0) is 24.3 Å². The SMILES string of the molecule is CN(Cc1ccccc1)C(=O)CCc1nc(CN2CCN(C(=O)c3ccc(Cl)cc3)CC2)no1. The Kier molecular flexibility index (Phi) is 7.92. The van der Waals surface area contributed by atoms with Crippen LogP contribution in [0.3, 0.4) is 0 Å².